The second-order valence-corrected chi connectivity index (χ2v) is 7.84. The molecular formula is C26H23NO6. The summed E-state index contributed by atoms with van der Waals surface area (Å²) in [5.74, 6) is -1.25. The molecular weight excluding hydrogens is 422 g/mol. The molecule has 4 rings (SSSR count). The summed E-state index contributed by atoms with van der Waals surface area (Å²) in [6.07, 6.45) is 0.0486. The summed E-state index contributed by atoms with van der Waals surface area (Å²) in [4.78, 5) is 40.8. The maximum absolute atomic E-state index is 12.5. The van der Waals surface area contributed by atoms with Gasteiger partial charge in [0.05, 0.1) is 12.7 Å². The van der Waals surface area contributed by atoms with Gasteiger partial charge in [0.15, 0.2) is 0 Å². The summed E-state index contributed by atoms with van der Waals surface area (Å²) in [6.45, 7) is 1.96. The molecule has 0 radical (unpaired) electrons. The number of carbonyl (C=O) groups is 3. The molecule has 1 heterocycles. The zero-order valence-corrected chi connectivity index (χ0v) is 18.3. The number of aryl methyl sites for hydroxylation is 1. The van der Waals surface area contributed by atoms with Gasteiger partial charge in [-0.1, -0.05) is 54.1 Å². The maximum atomic E-state index is 12.5. The lowest BCUT2D eigenvalue weighted by Gasteiger charge is -2.30. The Balaban J connectivity index is 1.68. The normalized spacial score (nSPS) is 15.3. The second kappa shape index (κ2) is 8.88. The van der Waals surface area contributed by atoms with Crippen LogP contribution in [0.4, 0.5) is 0 Å². The first kappa shape index (κ1) is 22.2. The van der Waals surface area contributed by atoms with Crippen LogP contribution < -0.4 is 4.74 Å². The van der Waals surface area contributed by atoms with Crippen LogP contribution in [0.25, 0.3) is 0 Å². The van der Waals surface area contributed by atoms with E-state index in [1.165, 1.54) is 12.1 Å². The van der Waals surface area contributed by atoms with E-state index in [-0.39, 0.29) is 18.4 Å². The van der Waals surface area contributed by atoms with Crippen LogP contribution in [0, 0.1) is 6.92 Å². The number of hydroxylamine groups is 2. The zero-order chi connectivity index (χ0) is 23.6. The zero-order valence-electron chi connectivity index (χ0n) is 18.3. The first-order valence-corrected chi connectivity index (χ1v) is 10.5. The minimum absolute atomic E-state index is 0.0243. The first-order valence-electron chi connectivity index (χ1n) is 10.5. The van der Waals surface area contributed by atoms with E-state index in [0.29, 0.717) is 27.5 Å². The minimum atomic E-state index is -1.50. The van der Waals surface area contributed by atoms with Gasteiger partial charge in [0.1, 0.15) is 11.4 Å². The summed E-state index contributed by atoms with van der Waals surface area (Å²) < 4.78 is 5.24. The smallest absolute Gasteiger partial charge is 0.363 e. The van der Waals surface area contributed by atoms with Crippen molar-refractivity contribution in [1.29, 1.82) is 0 Å². The van der Waals surface area contributed by atoms with Gasteiger partial charge in [-0.15, -0.1) is 5.06 Å². The SMILES string of the molecule is COc1ccc(C(O)(c2ccc(C)cc2)c2ccc(C(=O)ON3C(=O)CCC3=O)cc2)cc1. The van der Waals surface area contributed by atoms with Gasteiger partial charge in [-0.25, -0.2) is 4.79 Å². The van der Waals surface area contributed by atoms with Crippen LogP contribution in [0.2, 0.25) is 0 Å². The number of nitrogens with zero attached hydrogens (tertiary/aromatic N) is 1. The summed E-state index contributed by atoms with van der Waals surface area (Å²) in [6, 6.07) is 20.9. The molecule has 0 spiro atoms. The Bertz CT molecular complexity index is 1170. The van der Waals surface area contributed by atoms with Gasteiger partial charge >= 0.3 is 5.97 Å². The largest absolute Gasteiger partial charge is 0.497 e. The lowest BCUT2D eigenvalue weighted by Crippen LogP contribution is -2.32. The molecule has 168 valence electrons. The van der Waals surface area contributed by atoms with Gasteiger partial charge in [0, 0.05) is 12.8 Å². The highest BCUT2D eigenvalue weighted by molar-refractivity contribution is 6.02. The molecule has 1 aliphatic heterocycles. The van der Waals surface area contributed by atoms with Gasteiger partial charge in [-0.3, -0.25) is 9.59 Å². The average Bonchev–Trinajstić information content (AvgIpc) is 3.16. The Labute approximate surface area is 191 Å². The molecule has 3 aromatic carbocycles. The van der Waals surface area contributed by atoms with Crippen molar-refractivity contribution in [1.82, 2.24) is 5.06 Å². The number of methoxy groups -OCH3 is 1. The van der Waals surface area contributed by atoms with E-state index >= 15 is 0 Å². The number of aliphatic hydroxyl groups is 1. The molecule has 33 heavy (non-hydrogen) atoms. The molecule has 1 fully saturated rings. The van der Waals surface area contributed by atoms with Gasteiger partial charge < -0.3 is 14.7 Å². The van der Waals surface area contributed by atoms with Crippen molar-refractivity contribution in [2.75, 3.05) is 7.11 Å². The van der Waals surface area contributed by atoms with Crippen LogP contribution >= 0.6 is 0 Å². The third-order valence-corrected chi connectivity index (χ3v) is 5.70. The number of rotatable bonds is 6. The summed E-state index contributed by atoms with van der Waals surface area (Å²) in [5, 5.41) is 12.5. The van der Waals surface area contributed by atoms with Gasteiger partial charge in [-0.05, 0) is 47.9 Å². The lowest BCUT2D eigenvalue weighted by atomic mass is 9.80. The van der Waals surface area contributed by atoms with Crippen LogP contribution in [-0.4, -0.2) is 35.1 Å². The van der Waals surface area contributed by atoms with Crippen molar-refractivity contribution >= 4 is 17.8 Å². The molecule has 1 saturated heterocycles. The third-order valence-electron chi connectivity index (χ3n) is 5.70. The number of ether oxygens (including phenoxy) is 1. The maximum Gasteiger partial charge on any atom is 0.363 e. The first-order chi connectivity index (χ1) is 15.8. The average molecular weight is 445 g/mol. The second-order valence-electron chi connectivity index (χ2n) is 7.84. The van der Waals surface area contributed by atoms with E-state index in [2.05, 4.69) is 0 Å². The van der Waals surface area contributed by atoms with Crippen molar-refractivity contribution in [2.24, 2.45) is 0 Å². The topological polar surface area (TPSA) is 93.1 Å². The van der Waals surface area contributed by atoms with E-state index < -0.39 is 23.4 Å². The molecule has 7 heteroatoms. The molecule has 2 amide bonds. The molecule has 3 aromatic rings. The Hall–Kier alpha value is -3.97. The molecule has 1 atom stereocenters. The minimum Gasteiger partial charge on any atom is -0.497 e. The quantitative estimate of drug-likeness (QED) is 0.461. The highest BCUT2D eigenvalue weighted by Crippen LogP contribution is 2.37. The van der Waals surface area contributed by atoms with Crippen LogP contribution in [-0.2, 0) is 20.0 Å². The molecule has 0 bridgehead atoms. The van der Waals surface area contributed by atoms with E-state index in [1.54, 1.807) is 43.5 Å². The van der Waals surface area contributed by atoms with E-state index in [4.69, 9.17) is 9.57 Å². The lowest BCUT2D eigenvalue weighted by molar-refractivity contribution is -0.172. The van der Waals surface area contributed by atoms with Crippen LogP contribution in [0.3, 0.4) is 0 Å². The highest BCUT2D eigenvalue weighted by Gasteiger charge is 2.35. The Morgan fingerprint density at radius 2 is 1.27 bits per heavy atom. The molecule has 0 aliphatic carbocycles. The van der Waals surface area contributed by atoms with E-state index in [9.17, 15) is 19.5 Å². The Morgan fingerprint density at radius 3 is 1.76 bits per heavy atom. The van der Waals surface area contributed by atoms with Gasteiger partial charge in [0.2, 0.25) is 0 Å². The number of hydrogen-bond donors (Lipinski definition) is 1. The fraction of sp³-hybridized carbons (Fsp3) is 0.192. The third kappa shape index (κ3) is 4.23. The fourth-order valence-corrected chi connectivity index (χ4v) is 3.77. The van der Waals surface area contributed by atoms with Crippen LogP contribution in [0.1, 0.15) is 45.5 Å². The van der Waals surface area contributed by atoms with Crippen molar-refractivity contribution < 1.29 is 29.1 Å². The van der Waals surface area contributed by atoms with Gasteiger partial charge in [-0.2, -0.15) is 0 Å². The van der Waals surface area contributed by atoms with Crippen LogP contribution in [0.5, 0.6) is 5.75 Å². The monoisotopic (exact) mass is 445 g/mol. The standard InChI is InChI=1S/C26H23NO6/c1-17-3-7-19(8-4-17)26(31,21-11-13-22(32-2)14-12-21)20-9-5-18(6-10-20)25(30)33-27-23(28)15-16-24(27)29/h3-14,31H,15-16H2,1-2H3. The van der Waals surface area contributed by atoms with Crippen LogP contribution in [0.15, 0.2) is 72.8 Å². The van der Waals surface area contributed by atoms with Crippen molar-refractivity contribution in [2.45, 2.75) is 25.4 Å². The number of benzene rings is 3. The predicted octanol–water partition coefficient (Wildman–Crippen LogP) is 3.51. The van der Waals surface area contributed by atoms with Gasteiger partial charge in [0.25, 0.3) is 11.8 Å². The molecule has 0 saturated carbocycles. The van der Waals surface area contributed by atoms with Crippen molar-refractivity contribution in [3.8, 4) is 5.75 Å². The Kier molecular flexibility index (Phi) is 5.98. The van der Waals surface area contributed by atoms with E-state index in [1.807, 2.05) is 31.2 Å². The van der Waals surface area contributed by atoms with E-state index in [0.717, 1.165) is 5.56 Å². The summed E-state index contributed by atoms with van der Waals surface area (Å²) in [5.41, 5.74) is 1.51. The molecule has 7 nitrogen and oxygen atoms in total. The summed E-state index contributed by atoms with van der Waals surface area (Å²) in [7, 11) is 1.57. The van der Waals surface area contributed by atoms with Crippen molar-refractivity contribution in [3.05, 3.63) is 101 Å². The molecule has 1 aliphatic rings. The molecule has 1 unspecified atom stereocenters. The highest BCUT2D eigenvalue weighted by atomic mass is 16.7. The number of amides is 2. The fourth-order valence-electron chi connectivity index (χ4n) is 3.77. The van der Waals surface area contributed by atoms with Crippen molar-refractivity contribution in [3.63, 3.8) is 0 Å². The number of imide groups is 1. The molecule has 1 N–H and O–H groups in total. The Morgan fingerprint density at radius 1 is 0.818 bits per heavy atom. The summed E-state index contributed by atoms with van der Waals surface area (Å²) >= 11 is 0. The number of carbonyl (C=O) groups excluding carboxylic acids is 3. The molecule has 0 aromatic heterocycles. The number of hydrogen-bond acceptors (Lipinski definition) is 6. The predicted molar refractivity (Wildman–Crippen MR) is 119 cm³/mol.